The molecule has 0 aliphatic heterocycles. The fraction of sp³-hybridized carbons (Fsp3) is 0.231. The second-order valence-corrected chi connectivity index (χ2v) is 4.74. The maximum atomic E-state index is 13.3. The van der Waals surface area contributed by atoms with E-state index in [9.17, 15) is 14.3 Å². The van der Waals surface area contributed by atoms with E-state index >= 15 is 0 Å². The van der Waals surface area contributed by atoms with Gasteiger partial charge >= 0.3 is 0 Å². The molecule has 0 aliphatic carbocycles. The van der Waals surface area contributed by atoms with Gasteiger partial charge in [0.05, 0.1) is 11.1 Å². The summed E-state index contributed by atoms with van der Waals surface area (Å²) in [7, 11) is 0. The molecule has 1 aromatic heterocycles. The van der Waals surface area contributed by atoms with Crippen LogP contribution >= 0.6 is 11.6 Å². The Labute approximate surface area is 119 Å². The number of carbonyl (C=O) groups is 1. The maximum absolute atomic E-state index is 13.3. The van der Waals surface area contributed by atoms with E-state index in [1.807, 2.05) is 0 Å². The Bertz CT molecular complexity index is 630. The van der Waals surface area contributed by atoms with E-state index in [0.29, 0.717) is 5.56 Å². The lowest BCUT2D eigenvalue weighted by Gasteiger charge is -2.12. The number of nitrogens with one attached hydrogen (secondary N) is 2. The zero-order valence-corrected chi connectivity index (χ0v) is 11.4. The van der Waals surface area contributed by atoms with E-state index in [4.69, 9.17) is 11.6 Å². The van der Waals surface area contributed by atoms with Crippen molar-refractivity contribution in [1.29, 1.82) is 0 Å². The van der Waals surface area contributed by atoms with Crippen LogP contribution in [-0.2, 0) is 0 Å². The Hall–Kier alpha value is -1.92. The first-order valence-electron chi connectivity index (χ1n) is 5.90. The fourth-order valence-electron chi connectivity index (χ4n) is 1.65. The number of carbonyl (C=O) groups excluding carboxylic acids is 1. The number of nitrogens with zero attached hydrogens (tertiary/aromatic N) is 1. The van der Waals surface area contributed by atoms with Gasteiger partial charge in [0.2, 0.25) is 0 Å². The number of rotatable bonds is 4. The highest BCUT2D eigenvalue weighted by Gasteiger charge is 2.14. The summed E-state index contributed by atoms with van der Waals surface area (Å²) < 4.78 is 13.3. The van der Waals surface area contributed by atoms with Crippen molar-refractivity contribution in [2.24, 2.45) is 0 Å². The van der Waals surface area contributed by atoms with Crippen molar-refractivity contribution < 1.29 is 14.3 Å². The van der Waals surface area contributed by atoms with E-state index in [1.54, 1.807) is 13.0 Å². The molecule has 7 heteroatoms. The topological polar surface area (TPSA) is 78.0 Å². The SMILES string of the molecule is Cc1cc(C(=O)NCC(O)c2ccc(Cl)c(F)c2)n[nH]1. The molecule has 20 heavy (non-hydrogen) atoms. The van der Waals surface area contributed by atoms with Crippen LogP contribution < -0.4 is 5.32 Å². The molecule has 0 saturated heterocycles. The molecule has 1 amide bonds. The van der Waals surface area contributed by atoms with Crippen molar-refractivity contribution in [3.8, 4) is 0 Å². The molecule has 106 valence electrons. The van der Waals surface area contributed by atoms with Gasteiger partial charge in [-0.05, 0) is 30.7 Å². The van der Waals surface area contributed by atoms with Gasteiger partial charge in [-0.15, -0.1) is 0 Å². The molecule has 0 fully saturated rings. The van der Waals surface area contributed by atoms with Crippen LogP contribution in [0.4, 0.5) is 4.39 Å². The Morgan fingerprint density at radius 1 is 1.55 bits per heavy atom. The maximum Gasteiger partial charge on any atom is 0.271 e. The van der Waals surface area contributed by atoms with Gasteiger partial charge in [-0.3, -0.25) is 9.89 Å². The van der Waals surface area contributed by atoms with Crippen molar-refractivity contribution in [3.63, 3.8) is 0 Å². The number of aryl methyl sites for hydroxylation is 1. The molecule has 0 saturated carbocycles. The van der Waals surface area contributed by atoms with Crippen molar-refractivity contribution >= 4 is 17.5 Å². The van der Waals surface area contributed by atoms with E-state index < -0.39 is 17.8 Å². The number of hydrogen-bond donors (Lipinski definition) is 3. The molecule has 0 radical (unpaired) electrons. The van der Waals surface area contributed by atoms with Crippen LogP contribution in [0.2, 0.25) is 5.02 Å². The first kappa shape index (κ1) is 14.5. The fourth-order valence-corrected chi connectivity index (χ4v) is 1.77. The lowest BCUT2D eigenvalue weighted by molar-refractivity contribution is 0.0911. The van der Waals surface area contributed by atoms with Gasteiger partial charge in [-0.2, -0.15) is 5.10 Å². The van der Waals surface area contributed by atoms with E-state index in [1.165, 1.54) is 12.1 Å². The largest absolute Gasteiger partial charge is 0.387 e. The van der Waals surface area contributed by atoms with Gasteiger partial charge in [-0.1, -0.05) is 17.7 Å². The van der Waals surface area contributed by atoms with Crippen LogP contribution in [0.1, 0.15) is 27.8 Å². The van der Waals surface area contributed by atoms with Crippen LogP contribution in [0.15, 0.2) is 24.3 Å². The Kier molecular flexibility index (Phi) is 4.36. The van der Waals surface area contributed by atoms with Crippen molar-refractivity contribution in [2.75, 3.05) is 6.54 Å². The van der Waals surface area contributed by atoms with Crippen LogP contribution in [0, 0.1) is 12.7 Å². The number of aromatic amines is 1. The summed E-state index contributed by atoms with van der Waals surface area (Å²) in [4.78, 5) is 11.7. The summed E-state index contributed by atoms with van der Waals surface area (Å²) in [6, 6.07) is 5.58. The van der Waals surface area contributed by atoms with Crippen LogP contribution in [0.5, 0.6) is 0 Å². The molecule has 1 aromatic carbocycles. The molecule has 1 atom stereocenters. The number of hydrogen-bond acceptors (Lipinski definition) is 3. The number of halogens is 2. The van der Waals surface area contributed by atoms with Crippen LogP contribution in [0.25, 0.3) is 0 Å². The summed E-state index contributed by atoms with van der Waals surface area (Å²) in [5.74, 6) is -1.03. The van der Waals surface area contributed by atoms with Crippen molar-refractivity contribution in [3.05, 3.63) is 52.1 Å². The molecule has 3 N–H and O–H groups in total. The second kappa shape index (κ2) is 6.02. The number of aromatic nitrogens is 2. The van der Waals surface area contributed by atoms with Gasteiger partial charge in [0, 0.05) is 12.2 Å². The van der Waals surface area contributed by atoms with Gasteiger partial charge in [0.1, 0.15) is 11.5 Å². The number of H-pyrrole nitrogens is 1. The molecule has 5 nitrogen and oxygen atoms in total. The minimum absolute atomic E-state index is 0.0167. The minimum Gasteiger partial charge on any atom is -0.387 e. The Morgan fingerprint density at radius 3 is 2.90 bits per heavy atom. The lowest BCUT2D eigenvalue weighted by Crippen LogP contribution is -2.28. The molecule has 2 rings (SSSR count). The smallest absolute Gasteiger partial charge is 0.271 e. The molecule has 0 spiro atoms. The highest BCUT2D eigenvalue weighted by molar-refractivity contribution is 6.30. The number of aliphatic hydroxyl groups excluding tert-OH is 1. The summed E-state index contributed by atoms with van der Waals surface area (Å²) in [5.41, 5.74) is 1.33. The monoisotopic (exact) mass is 297 g/mol. The summed E-state index contributed by atoms with van der Waals surface area (Å²) in [6.45, 7) is 1.72. The second-order valence-electron chi connectivity index (χ2n) is 4.34. The molecule has 0 bridgehead atoms. The highest BCUT2D eigenvalue weighted by atomic mass is 35.5. The van der Waals surface area contributed by atoms with Gasteiger partial charge < -0.3 is 10.4 Å². The third-order valence-corrected chi connectivity index (χ3v) is 3.03. The molecule has 0 aliphatic rings. The molecule has 2 aromatic rings. The third kappa shape index (κ3) is 3.34. The van der Waals surface area contributed by atoms with Gasteiger partial charge in [0.15, 0.2) is 0 Å². The third-order valence-electron chi connectivity index (χ3n) is 2.72. The average Bonchev–Trinajstić information content (AvgIpc) is 2.85. The molecule has 1 unspecified atom stereocenters. The molecule has 1 heterocycles. The molecular formula is C13H13ClFN3O2. The normalized spacial score (nSPS) is 12.2. The van der Waals surface area contributed by atoms with Crippen molar-refractivity contribution in [1.82, 2.24) is 15.5 Å². The quantitative estimate of drug-likeness (QED) is 0.807. The first-order chi connectivity index (χ1) is 9.47. The zero-order valence-electron chi connectivity index (χ0n) is 10.7. The zero-order chi connectivity index (χ0) is 14.7. The van der Waals surface area contributed by atoms with Gasteiger partial charge in [-0.25, -0.2) is 4.39 Å². The van der Waals surface area contributed by atoms with Gasteiger partial charge in [0.25, 0.3) is 5.91 Å². The average molecular weight is 298 g/mol. The van der Waals surface area contributed by atoms with Crippen LogP contribution in [-0.4, -0.2) is 27.8 Å². The van der Waals surface area contributed by atoms with Crippen molar-refractivity contribution in [2.45, 2.75) is 13.0 Å². The number of amides is 1. The predicted octanol–water partition coefficient (Wildman–Crippen LogP) is 1.97. The number of benzene rings is 1. The van der Waals surface area contributed by atoms with E-state index in [2.05, 4.69) is 15.5 Å². The van der Waals surface area contributed by atoms with Crippen LogP contribution in [0.3, 0.4) is 0 Å². The lowest BCUT2D eigenvalue weighted by atomic mass is 10.1. The minimum atomic E-state index is -1.02. The summed E-state index contributed by atoms with van der Waals surface area (Å²) in [6.07, 6.45) is -1.02. The summed E-state index contributed by atoms with van der Waals surface area (Å²) in [5, 5.41) is 18.8. The van der Waals surface area contributed by atoms with E-state index in [-0.39, 0.29) is 17.3 Å². The first-order valence-corrected chi connectivity index (χ1v) is 6.28. The number of aliphatic hydroxyl groups is 1. The Morgan fingerprint density at radius 2 is 2.30 bits per heavy atom. The molecular weight excluding hydrogens is 285 g/mol. The van der Waals surface area contributed by atoms with E-state index in [0.717, 1.165) is 11.8 Å². The standard InChI is InChI=1S/C13H13ClFN3O2/c1-7-4-11(18-17-7)13(20)16-6-12(19)8-2-3-9(14)10(15)5-8/h2-5,12,19H,6H2,1H3,(H,16,20)(H,17,18). The summed E-state index contributed by atoms with van der Waals surface area (Å²) >= 11 is 5.56. The highest BCUT2D eigenvalue weighted by Crippen LogP contribution is 2.19. The predicted molar refractivity (Wildman–Crippen MR) is 72.0 cm³/mol. The Balaban J connectivity index is 1.96.